The highest BCUT2D eigenvalue weighted by Gasteiger charge is 2.26. The highest BCUT2D eigenvalue weighted by Crippen LogP contribution is 2.20. The van der Waals surface area contributed by atoms with Gasteiger partial charge in [0.15, 0.2) is 17.6 Å². The quantitative estimate of drug-likeness (QED) is 0.577. The van der Waals surface area contributed by atoms with Crippen LogP contribution < -0.4 is 15.5 Å². The standard InChI is InChI=1S/C20H28FN5O/c1-3-15(2)24-20(23-11-8-17-6-5-13-27-17)25-16-9-12-26(14-16)19-18(21)7-4-10-22-19/h4-7,10,13,15-16H,3,8-9,11-12,14H2,1-2H3,(H2,23,24,25). The van der Waals surface area contributed by atoms with Crippen LogP contribution in [0, 0.1) is 5.82 Å². The van der Waals surface area contributed by atoms with Crippen LogP contribution in [0.15, 0.2) is 46.1 Å². The second kappa shape index (κ2) is 9.39. The summed E-state index contributed by atoms with van der Waals surface area (Å²) in [6.45, 7) is 6.39. The lowest BCUT2D eigenvalue weighted by molar-refractivity contribution is 0.510. The largest absolute Gasteiger partial charge is 0.469 e. The summed E-state index contributed by atoms with van der Waals surface area (Å²) in [5.74, 6) is 1.87. The van der Waals surface area contributed by atoms with Gasteiger partial charge in [-0.1, -0.05) is 6.92 Å². The number of furan rings is 1. The van der Waals surface area contributed by atoms with Crippen LogP contribution in [0.4, 0.5) is 10.2 Å². The van der Waals surface area contributed by atoms with E-state index in [0.29, 0.717) is 24.9 Å². The summed E-state index contributed by atoms with van der Waals surface area (Å²) in [6, 6.07) is 7.44. The number of aromatic nitrogens is 1. The summed E-state index contributed by atoms with van der Waals surface area (Å²) in [6.07, 6.45) is 5.99. The molecule has 1 saturated heterocycles. The maximum Gasteiger partial charge on any atom is 0.191 e. The Hall–Kier alpha value is -2.57. The van der Waals surface area contributed by atoms with E-state index < -0.39 is 0 Å². The summed E-state index contributed by atoms with van der Waals surface area (Å²) in [5.41, 5.74) is 0. The fourth-order valence-corrected chi connectivity index (χ4v) is 3.07. The zero-order valence-corrected chi connectivity index (χ0v) is 16.0. The lowest BCUT2D eigenvalue weighted by atomic mass is 10.2. The Morgan fingerprint density at radius 3 is 3.07 bits per heavy atom. The highest BCUT2D eigenvalue weighted by molar-refractivity contribution is 5.80. The average Bonchev–Trinajstić information content (AvgIpc) is 3.34. The first kappa shape index (κ1) is 19.2. The lowest BCUT2D eigenvalue weighted by Crippen LogP contribution is -2.47. The van der Waals surface area contributed by atoms with Crippen molar-refractivity contribution in [2.75, 3.05) is 24.5 Å². The van der Waals surface area contributed by atoms with E-state index >= 15 is 0 Å². The Kier molecular flexibility index (Phi) is 6.68. The van der Waals surface area contributed by atoms with Gasteiger partial charge in [0.1, 0.15) is 5.76 Å². The molecule has 0 spiro atoms. The molecule has 7 heteroatoms. The Labute approximate surface area is 159 Å². The van der Waals surface area contributed by atoms with Gasteiger partial charge in [0, 0.05) is 44.3 Å². The van der Waals surface area contributed by atoms with Crippen molar-refractivity contribution in [2.24, 2.45) is 4.99 Å². The predicted molar refractivity (Wildman–Crippen MR) is 106 cm³/mol. The summed E-state index contributed by atoms with van der Waals surface area (Å²) < 4.78 is 19.3. The minimum absolute atomic E-state index is 0.199. The van der Waals surface area contributed by atoms with Crippen LogP contribution in [0.25, 0.3) is 0 Å². The zero-order chi connectivity index (χ0) is 19.1. The number of nitrogens with zero attached hydrogens (tertiary/aromatic N) is 3. The van der Waals surface area contributed by atoms with E-state index in [9.17, 15) is 4.39 Å². The van der Waals surface area contributed by atoms with Crippen LogP contribution in [0.5, 0.6) is 0 Å². The van der Waals surface area contributed by atoms with Crippen LogP contribution in [0.1, 0.15) is 32.4 Å². The van der Waals surface area contributed by atoms with Gasteiger partial charge in [0.2, 0.25) is 0 Å². The van der Waals surface area contributed by atoms with Crippen molar-refractivity contribution in [1.82, 2.24) is 15.6 Å². The molecule has 2 aromatic heterocycles. The molecule has 0 saturated carbocycles. The molecule has 0 amide bonds. The van der Waals surface area contributed by atoms with Crippen molar-refractivity contribution in [2.45, 2.75) is 45.2 Å². The van der Waals surface area contributed by atoms with Crippen LogP contribution in [-0.2, 0) is 6.42 Å². The molecule has 1 aliphatic heterocycles. The highest BCUT2D eigenvalue weighted by atomic mass is 19.1. The number of pyridine rings is 1. The molecule has 1 fully saturated rings. The maximum absolute atomic E-state index is 14.0. The maximum atomic E-state index is 14.0. The molecule has 2 atom stereocenters. The number of anilines is 1. The summed E-state index contributed by atoms with van der Waals surface area (Å²) in [4.78, 5) is 10.9. The lowest BCUT2D eigenvalue weighted by Gasteiger charge is -2.22. The monoisotopic (exact) mass is 373 g/mol. The Morgan fingerprint density at radius 1 is 1.44 bits per heavy atom. The molecule has 3 rings (SSSR count). The van der Waals surface area contributed by atoms with E-state index in [-0.39, 0.29) is 11.9 Å². The Morgan fingerprint density at radius 2 is 2.33 bits per heavy atom. The molecule has 2 unspecified atom stereocenters. The van der Waals surface area contributed by atoms with Crippen LogP contribution in [0.3, 0.4) is 0 Å². The molecular weight excluding hydrogens is 345 g/mol. The summed E-state index contributed by atoms with van der Waals surface area (Å²) in [5, 5.41) is 6.94. The number of rotatable bonds is 7. The van der Waals surface area contributed by atoms with Gasteiger partial charge in [-0.05, 0) is 44.0 Å². The number of halogens is 1. The van der Waals surface area contributed by atoms with E-state index in [1.807, 2.05) is 17.0 Å². The molecule has 27 heavy (non-hydrogen) atoms. The Balaban J connectivity index is 1.59. The minimum atomic E-state index is -0.275. The van der Waals surface area contributed by atoms with Gasteiger partial charge in [-0.3, -0.25) is 4.99 Å². The second-order valence-corrected chi connectivity index (χ2v) is 6.90. The van der Waals surface area contributed by atoms with Gasteiger partial charge in [-0.2, -0.15) is 0 Å². The Bertz CT molecular complexity index is 734. The molecule has 146 valence electrons. The van der Waals surface area contributed by atoms with Crippen LogP contribution in [0.2, 0.25) is 0 Å². The van der Waals surface area contributed by atoms with Gasteiger partial charge in [0.05, 0.1) is 6.26 Å². The topological polar surface area (TPSA) is 65.7 Å². The van der Waals surface area contributed by atoms with Crippen molar-refractivity contribution in [1.29, 1.82) is 0 Å². The van der Waals surface area contributed by atoms with Crippen molar-refractivity contribution in [3.8, 4) is 0 Å². The van der Waals surface area contributed by atoms with Gasteiger partial charge < -0.3 is 20.0 Å². The third-order valence-corrected chi connectivity index (χ3v) is 4.77. The van der Waals surface area contributed by atoms with Crippen LogP contribution >= 0.6 is 0 Å². The molecule has 0 radical (unpaired) electrons. The van der Waals surface area contributed by atoms with Gasteiger partial charge >= 0.3 is 0 Å². The first-order valence-corrected chi connectivity index (χ1v) is 9.61. The van der Waals surface area contributed by atoms with E-state index in [1.54, 1.807) is 18.5 Å². The SMILES string of the molecule is CCC(C)NC(=NCCc1ccco1)NC1CCN(c2ncccc2F)C1. The molecular formula is C20H28FN5O. The normalized spacial score (nSPS) is 18.6. The molecule has 3 heterocycles. The van der Waals surface area contributed by atoms with Crippen molar-refractivity contribution in [3.05, 3.63) is 48.3 Å². The number of guanidine groups is 1. The molecule has 1 aliphatic rings. The van der Waals surface area contributed by atoms with E-state index in [2.05, 4.69) is 29.5 Å². The smallest absolute Gasteiger partial charge is 0.191 e. The molecule has 0 aromatic carbocycles. The molecule has 2 aromatic rings. The number of nitrogens with one attached hydrogen (secondary N) is 2. The summed E-state index contributed by atoms with van der Waals surface area (Å²) in [7, 11) is 0. The van der Waals surface area contributed by atoms with Crippen molar-refractivity contribution in [3.63, 3.8) is 0 Å². The zero-order valence-electron chi connectivity index (χ0n) is 16.0. The minimum Gasteiger partial charge on any atom is -0.469 e. The molecule has 0 bridgehead atoms. The molecule has 6 nitrogen and oxygen atoms in total. The van der Waals surface area contributed by atoms with Gasteiger partial charge in [-0.15, -0.1) is 0 Å². The van der Waals surface area contributed by atoms with Crippen molar-refractivity contribution >= 4 is 11.8 Å². The number of aliphatic imine (C=N–C) groups is 1. The van der Waals surface area contributed by atoms with Crippen molar-refractivity contribution < 1.29 is 8.81 Å². The third kappa shape index (κ3) is 5.45. The first-order valence-electron chi connectivity index (χ1n) is 9.61. The number of hydrogen-bond donors (Lipinski definition) is 2. The van der Waals surface area contributed by atoms with E-state index in [1.165, 1.54) is 6.07 Å². The third-order valence-electron chi connectivity index (χ3n) is 4.77. The van der Waals surface area contributed by atoms with Crippen LogP contribution in [-0.4, -0.2) is 42.7 Å². The average molecular weight is 373 g/mol. The molecule has 0 aliphatic carbocycles. The first-order chi connectivity index (χ1) is 13.2. The van der Waals surface area contributed by atoms with Gasteiger partial charge in [-0.25, -0.2) is 9.37 Å². The van der Waals surface area contributed by atoms with E-state index in [0.717, 1.165) is 37.5 Å². The fourth-order valence-electron chi connectivity index (χ4n) is 3.07. The predicted octanol–water partition coefficient (Wildman–Crippen LogP) is 2.97. The fraction of sp³-hybridized carbons (Fsp3) is 0.500. The second-order valence-electron chi connectivity index (χ2n) is 6.90. The summed E-state index contributed by atoms with van der Waals surface area (Å²) >= 11 is 0. The molecule has 2 N–H and O–H groups in total. The van der Waals surface area contributed by atoms with E-state index in [4.69, 9.17) is 9.41 Å². The number of hydrogen-bond acceptors (Lipinski definition) is 4. The van der Waals surface area contributed by atoms with Gasteiger partial charge in [0.25, 0.3) is 0 Å².